The van der Waals surface area contributed by atoms with Gasteiger partial charge in [-0.2, -0.15) is 0 Å². The van der Waals surface area contributed by atoms with Crippen LogP contribution in [0, 0.1) is 0 Å². The van der Waals surface area contributed by atoms with Crippen LogP contribution in [0.25, 0.3) is 82.8 Å². The van der Waals surface area contributed by atoms with Crippen molar-refractivity contribution in [3.63, 3.8) is 0 Å². The maximum atomic E-state index is 2.47. The fourth-order valence-corrected chi connectivity index (χ4v) is 8.90. The van der Waals surface area contributed by atoms with Crippen molar-refractivity contribution in [1.82, 2.24) is 4.57 Å². The Morgan fingerprint density at radius 2 is 0.750 bits per heavy atom. The van der Waals surface area contributed by atoms with Crippen molar-refractivity contribution in [2.24, 2.45) is 0 Å². The zero-order chi connectivity index (χ0) is 39.8. The lowest BCUT2D eigenvalue weighted by molar-refractivity contribution is 1.18. The number of hydrogen-bond donors (Lipinski definition) is 0. The molecule has 0 fully saturated rings. The van der Waals surface area contributed by atoms with E-state index in [-0.39, 0.29) is 0 Å². The van der Waals surface area contributed by atoms with E-state index in [1.165, 1.54) is 71.6 Å². The van der Waals surface area contributed by atoms with Crippen LogP contribution in [0.2, 0.25) is 0 Å². The van der Waals surface area contributed by atoms with E-state index < -0.39 is 0 Å². The van der Waals surface area contributed by atoms with Gasteiger partial charge in [0.1, 0.15) is 0 Å². The number of hydrogen-bond acceptors (Lipinski definition) is 1. The highest BCUT2D eigenvalue weighted by Crippen LogP contribution is 2.43. The smallest absolute Gasteiger partial charge is 0.0562 e. The summed E-state index contributed by atoms with van der Waals surface area (Å²) in [5.41, 5.74) is 16.3. The van der Waals surface area contributed by atoms with Crippen LogP contribution in [0.4, 0.5) is 17.1 Å². The molecule has 0 N–H and O–H groups in total. The van der Waals surface area contributed by atoms with E-state index in [1.807, 2.05) is 0 Å². The van der Waals surface area contributed by atoms with Gasteiger partial charge in [-0.3, -0.25) is 0 Å². The first-order chi connectivity index (χ1) is 29.8. The minimum Gasteiger partial charge on any atom is -0.310 e. The molecule has 10 aromatic carbocycles. The molecule has 2 heteroatoms. The highest BCUT2D eigenvalue weighted by molar-refractivity contribution is 6.11. The highest BCUT2D eigenvalue weighted by atomic mass is 15.1. The SMILES string of the molecule is c1ccc(-c2ccc(N(c3ccc(-c4ccccc4)cc3)c3ccc4c5ccccc5n(-c5ccc(-c6cccc7ccccc67)cc5-c5ccccc5)c4c3)cc2)cc1. The van der Waals surface area contributed by atoms with Gasteiger partial charge in [-0.05, 0) is 104 Å². The zero-order valence-electron chi connectivity index (χ0n) is 33.0. The second-order valence-electron chi connectivity index (χ2n) is 15.3. The minimum absolute atomic E-state index is 1.08. The van der Waals surface area contributed by atoms with Crippen LogP contribution in [0.3, 0.4) is 0 Å². The number of aromatic nitrogens is 1. The summed E-state index contributed by atoms with van der Waals surface area (Å²) in [5, 5.41) is 4.93. The number of rotatable bonds is 8. The molecule has 282 valence electrons. The summed E-state index contributed by atoms with van der Waals surface area (Å²) in [5.74, 6) is 0. The van der Waals surface area contributed by atoms with Gasteiger partial charge in [-0.15, -0.1) is 0 Å². The van der Waals surface area contributed by atoms with Crippen molar-refractivity contribution in [3.8, 4) is 50.2 Å². The Hall–Kier alpha value is -7.94. The van der Waals surface area contributed by atoms with Crippen molar-refractivity contribution in [2.75, 3.05) is 4.90 Å². The lowest BCUT2D eigenvalue weighted by Crippen LogP contribution is -2.10. The third kappa shape index (κ3) is 6.32. The first kappa shape index (κ1) is 35.2. The molecule has 1 heterocycles. The van der Waals surface area contributed by atoms with Gasteiger partial charge in [0.15, 0.2) is 0 Å². The van der Waals surface area contributed by atoms with E-state index in [0.717, 1.165) is 28.3 Å². The summed E-state index contributed by atoms with van der Waals surface area (Å²) in [6, 6.07) is 87.9. The van der Waals surface area contributed by atoms with Crippen molar-refractivity contribution < 1.29 is 0 Å². The molecular weight excluding hydrogens is 725 g/mol. The molecule has 11 rings (SSSR count). The van der Waals surface area contributed by atoms with Gasteiger partial charge in [0.05, 0.1) is 16.7 Å². The van der Waals surface area contributed by atoms with Crippen molar-refractivity contribution in [3.05, 3.63) is 243 Å². The summed E-state index contributed by atoms with van der Waals surface area (Å²) in [6.45, 7) is 0. The fourth-order valence-electron chi connectivity index (χ4n) is 8.90. The van der Waals surface area contributed by atoms with Crippen LogP contribution in [-0.4, -0.2) is 4.57 Å². The molecule has 2 nitrogen and oxygen atoms in total. The molecular formula is C58H40N2. The van der Waals surface area contributed by atoms with Crippen LogP contribution in [0.5, 0.6) is 0 Å². The molecule has 0 amide bonds. The molecule has 0 saturated carbocycles. The molecule has 0 saturated heterocycles. The Morgan fingerprint density at radius 1 is 0.267 bits per heavy atom. The number of benzene rings is 10. The normalized spacial score (nSPS) is 11.3. The largest absolute Gasteiger partial charge is 0.310 e. The zero-order valence-corrected chi connectivity index (χ0v) is 33.0. The standard InChI is InChI=1S/C58H40N2/c1-4-15-41(16-5-1)43-27-32-48(33-28-43)59(49-34-29-44(30-35-49)42-17-6-2-7-18-42)50-36-37-54-53-24-12-13-26-56(53)60(58(54)40-50)57-38-31-47(39-55(57)46-19-8-3-9-20-46)52-25-14-22-45-21-10-11-23-51(45)52/h1-40H. The van der Waals surface area contributed by atoms with Crippen molar-refractivity contribution >= 4 is 49.6 Å². The van der Waals surface area contributed by atoms with Crippen molar-refractivity contribution in [2.45, 2.75) is 0 Å². The Kier molecular flexibility index (Phi) is 8.87. The summed E-state index contributed by atoms with van der Waals surface area (Å²) < 4.78 is 2.47. The molecule has 11 aromatic rings. The summed E-state index contributed by atoms with van der Waals surface area (Å²) >= 11 is 0. The van der Waals surface area contributed by atoms with Crippen LogP contribution in [-0.2, 0) is 0 Å². The topological polar surface area (TPSA) is 8.17 Å². The third-order valence-electron chi connectivity index (χ3n) is 11.8. The minimum atomic E-state index is 1.08. The molecule has 0 spiro atoms. The Morgan fingerprint density at radius 3 is 1.40 bits per heavy atom. The number of anilines is 3. The van der Waals surface area contributed by atoms with E-state index in [0.29, 0.717) is 0 Å². The summed E-state index contributed by atoms with van der Waals surface area (Å²) in [6.07, 6.45) is 0. The highest BCUT2D eigenvalue weighted by Gasteiger charge is 2.20. The van der Waals surface area contributed by atoms with Gasteiger partial charge in [0.2, 0.25) is 0 Å². The monoisotopic (exact) mass is 764 g/mol. The lowest BCUT2D eigenvalue weighted by atomic mass is 9.94. The van der Waals surface area contributed by atoms with Gasteiger partial charge in [0, 0.05) is 33.4 Å². The summed E-state index contributed by atoms with van der Waals surface area (Å²) in [7, 11) is 0. The van der Waals surface area contributed by atoms with Crippen LogP contribution in [0.1, 0.15) is 0 Å². The molecule has 0 aliphatic carbocycles. The van der Waals surface area contributed by atoms with E-state index in [9.17, 15) is 0 Å². The van der Waals surface area contributed by atoms with E-state index in [2.05, 4.69) is 252 Å². The van der Waals surface area contributed by atoms with E-state index >= 15 is 0 Å². The predicted octanol–water partition coefficient (Wildman–Crippen LogP) is 16.1. The molecule has 60 heavy (non-hydrogen) atoms. The fraction of sp³-hybridized carbons (Fsp3) is 0. The van der Waals surface area contributed by atoms with Gasteiger partial charge in [-0.1, -0.05) is 188 Å². The molecule has 0 aliphatic heterocycles. The maximum Gasteiger partial charge on any atom is 0.0562 e. The van der Waals surface area contributed by atoms with E-state index in [4.69, 9.17) is 0 Å². The molecule has 0 unspecified atom stereocenters. The number of nitrogens with zero attached hydrogens (tertiary/aromatic N) is 2. The van der Waals surface area contributed by atoms with Gasteiger partial charge in [0.25, 0.3) is 0 Å². The first-order valence-corrected chi connectivity index (χ1v) is 20.6. The van der Waals surface area contributed by atoms with Gasteiger partial charge < -0.3 is 9.47 Å². The molecule has 0 radical (unpaired) electrons. The average Bonchev–Trinajstić information content (AvgIpc) is 3.66. The quantitative estimate of drug-likeness (QED) is 0.150. The van der Waals surface area contributed by atoms with Gasteiger partial charge in [-0.25, -0.2) is 0 Å². The van der Waals surface area contributed by atoms with E-state index in [1.54, 1.807) is 0 Å². The maximum absolute atomic E-state index is 2.47. The van der Waals surface area contributed by atoms with Crippen LogP contribution < -0.4 is 4.90 Å². The second kappa shape index (κ2) is 15.1. The second-order valence-corrected chi connectivity index (χ2v) is 15.3. The molecule has 0 aliphatic rings. The van der Waals surface area contributed by atoms with Gasteiger partial charge >= 0.3 is 0 Å². The third-order valence-corrected chi connectivity index (χ3v) is 11.8. The number of para-hydroxylation sites is 1. The summed E-state index contributed by atoms with van der Waals surface area (Å²) in [4.78, 5) is 2.38. The molecule has 1 aromatic heterocycles. The number of fused-ring (bicyclic) bond motifs is 4. The Balaban J connectivity index is 1.12. The van der Waals surface area contributed by atoms with Crippen LogP contribution in [0.15, 0.2) is 243 Å². The van der Waals surface area contributed by atoms with Crippen molar-refractivity contribution in [1.29, 1.82) is 0 Å². The Labute approximate surface area is 350 Å². The molecule has 0 atom stereocenters. The van der Waals surface area contributed by atoms with Crippen LogP contribution >= 0.6 is 0 Å². The lowest BCUT2D eigenvalue weighted by Gasteiger charge is -2.26. The average molecular weight is 765 g/mol. The molecule has 0 bridgehead atoms. The first-order valence-electron chi connectivity index (χ1n) is 20.6. The predicted molar refractivity (Wildman–Crippen MR) is 255 cm³/mol. The Bertz CT molecular complexity index is 3190.